The number of likely N-dealkylation sites (N-methyl/N-ethyl adjacent to an activating group) is 1. The van der Waals surface area contributed by atoms with Gasteiger partial charge in [-0.3, -0.25) is 4.79 Å². The first-order valence-electron chi connectivity index (χ1n) is 5.29. The second-order valence-electron chi connectivity index (χ2n) is 3.85. The van der Waals surface area contributed by atoms with Crippen molar-refractivity contribution in [2.24, 2.45) is 5.73 Å². The molecular formula is C12H17FN2O2. The van der Waals surface area contributed by atoms with Crippen molar-refractivity contribution in [3.8, 4) is 0 Å². The minimum absolute atomic E-state index is 0.153. The summed E-state index contributed by atoms with van der Waals surface area (Å²) in [7, 11) is 3.06. The Morgan fingerprint density at radius 3 is 2.76 bits per heavy atom. The zero-order valence-corrected chi connectivity index (χ0v) is 10.0. The molecule has 0 saturated heterocycles. The number of rotatable bonds is 5. The van der Waals surface area contributed by atoms with Crippen molar-refractivity contribution in [1.82, 2.24) is 4.90 Å². The summed E-state index contributed by atoms with van der Waals surface area (Å²) in [5.41, 5.74) is 6.08. The zero-order chi connectivity index (χ0) is 12.8. The van der Waals surface area contributed by atoms with E-state index in [1.807, 2.05) is 0 Å². The molecule has 0 saturated carbocycles. The molecule has 0 aromatic heterocycles. The van der Waals surface area contributed by atoms with Gasteiger partial charge in [0.1, 0.15) is 11.9 Å². The van der Waals surface area contributed by atoms with Crippen LogP contribution in [0.5, 0.6) is 0 Å². The van der Waals surface area contributed by atoms with Crippen LogP contribution in [0.25, 0.3) is 0 Å². The van der Waals surface area contributed by atoms with Gasteiger partial charge < -0.3 is 15.4 Å². The van der Waals surface area contributed by atoms with Gasteiger partial charge in [0.25, 0.3) is 0 Å². The van der Waals surface area contributed by atoms with E-state index in [0.29, 0.717) is 5.56 Å². The third-order valence-corrected chi connectivity index (χ3v) is 2.40. The van der Waals surface area contributed by atoms with E-state index in [9.17, 15) is 9.18 Å². The maximum Gasteiger partial charge on any atom is 0.241 e. The van der Waals surface area contributed by atoms with E-state index >= 15 is 0 Å². The van der Waals surface area contributed by atoms with Gasteiger partial charge in [0.05, 0.1) is 6.61 Å². The minimum atomic E-state index is -0.711. The second-order valence-corrected chi connectivity index (χ2v) is 3.85. The van der Waals surface area contributed by atoms with Gasteiger partial charge in [0.2, 0.25) is 5.91 Å². The molecule has 0 radical (unpaired) electrons. The molecule has 1 amide bonds. The Balaban J connectivity index is 2.63. The van der Waals surface area contributed by atoms with Gasteiger partial charge in [-0.2, -0.15) is 0 Å². The topological polar surface area (TPSA) is 55.6 Å². The maximum absolute atomic E-state index is 13.4. The lowest BCUT2D eigenvalue weighted by Crippen LogP contribution is -2.44. The van der Waals surface area contributed by atoms with Gasteiger partial charge in [-0.1, -0.05) is 18.2 Å². The van der Waals surface area contributed by atoms with Crippen molar-refractivity contribution in [2.45, 2.75) is 12.6 Å². The zero-order valence-electron chi connectivity index (χ0n) is 10.0. The fraction of sp³-hybridized carbons (Fsp3) is 0.417. The first-order chi connectivity index (χ1) is 8.06. The summed E-state index contributed by atoms with van der Waals surface area (Å²) in [5, 5.41) is 0. The largest absolute Gasteiger partial charge is 0.383 e. The molecule has 0 aliphatic carbocycles. The van der Waals surface area contributed by atoms with Crippen LogP contribution in [0, 0.1) is 5.82 Å². The van der Waals surface area contributed by atoms with Gasteiger partial charge in [-0.25, -0.2) is 4.39 Å². The molecular weight excluding hydrogens is 223 g/mol. The molecule has 5 heteroatoms. The van der Waals surface area contributed by atoms with E-state index in [2.05, 4.69) is 0 Å². The van der Waals surface area contributed by atoms with Gasteiger partial charge in [0.15, 0.2) is 0 Å². The fourth-order valence-corrected chi connectivity index (χ4v) is 1.49. The van der Waals surface area contributed by atoms with Crippen LogP contribution in [-0.2, 0) is 16.1 Å². The van der Waals surface area contributed by atoms with Gasteiger partial charge in [-0.05, 0) is 6.07 Å². The van der Waals surface area contributed by atoms with Crippen LogP contribution in [0.15, 0.2) is 24.3 Å². The van der Waals surface area contributed by atoms with E-state index < -0.39 is 6.04 Å². The molecule has 1 rings (SSSR count). The molecule has 1 atom stereocenters. The number of hydrogen-bond donors (Lipinski definition) is 1. The number of carbonyl (C=O) groups is 1. The van der Waals surface area contributed by atoms with Crippen LogP contribution in [0.3, 0.4) is 0 Å². The van der Waals surface area contributed by atoms with Crippen LogP contribution < -0.4 is 5.73 Å². The maximum atomic E-state index is 13.4. The number of ether oxygens (including phenoxy) is 1. The Morgan fingerprint density at radius 1 is 1.53 bits per heavy atom. The number of amides is 1. The minimum Gasteiger partial charge on any atom is -0.383 e. The standard InChI is InChI=1S/C12H17FN2O2/c1-15(12(16)11(14)8-17-2)7-9-5-3-4-6-10(9)13/h3-6,11H,7-8,14H2,1-2H3. The molecule has 0 spiro atoms. The predicted molar refractivity (Wildman–Crippen MR) is 62.7 cm³/mol. The number of nitrogens with two attached hydrogens (primary N) is 1. The van der Waals surface area contributed by atoms with Gasteiger partial charge in [0, 0.05) is 26.3 Å². The smallest absolute Gasteiger partial charge is 0.241 e. The molecule has 0 fully saturated rings. The highest BCUT2D eigenvalue weighted by Crippen LogP contribution is 2.09. The van der Waals surface area contributed by atoms with Crippen molar-refractivity contribution in [3.05, 3.63) is 35.6 Å². The van der Waals surface area contributed by atoms with Crippen molar-refractivity contribution in [3.63, 3.8) is 0 Å². The first-order valence-corrected chi connectivity index (χ1v) is 5.29. The number of methoxy groups -OCH3 is 1. The highest BCUT2D eigenvalue weighted by Gasteiger charge is 2.18. The molecule has 0 aliphatic rings. The Bertz CT molecular complexity index is 385. The van der Waals surface area contributed by atoms with Crippen molar-refractivity contribution >= 4 is 5.91 Å². The van der Waals surface area contributed by atoms with Gasteiger partial charge in [-0.15, -0.1) is 0 Å². The molecule has 94 valence electrons. The number of nitrogens with zero attached hydrogens (tertiary/aromatic N) is 1. The monoisotopic (exact) mass is 240 g/mol. The highest BCUT2D eigenvalue weighted by atomic mass is 19.1. The van der Waals surface area contributed by atoms with E-state index in [1.165, 1.54) is 18.1 Å². The Hall–Kier alpha value is -1.46. The van der Waals surface area contributed by atoms with Crippen LogP contribution in [0.2, 0.25) is 0 Å². The molecule has 1 aromatic rings. The Kier molecular flexibility index (Phi) is 5.06. The summed E-state index contributed by atoms with van der Waals surface area (Å²) in [5.74, 6) is -0.595. The van der Waals surface area contributed by atoms with Crippen LogP contribution in [0.1, 0.15) is 5.56 Å². The molecule has 1 unspecified atom stereocenters. The number of carbonyl (C=O) groups excluding carboxylic acids is 1. The molecule has 4 nitrogen and oxygen atoms in total. The van der Waals surface area contributed by atoms with Crippen LogP contribution in [-0.4, -0.2) is 37.6 Å². The summed E-state index contributed by atoms with van der Waals surface area (Å²) in [6.45, 7) is 0.351. The Morgan fingerprint density at radius 2 is 2.18 bits per heavy atom. The summed E-state index contributed by atoms with van der Waals surface area (Å²) < 4.78 is 18.2. The number of benzene rings is 1. The lowest BCUT2D eigenvalue weighted by Gasteiger charge is -2.21. The van der Waals surface area contributed by atoms with Crippen LogP contribution >= 0.6 is 0 Å². The molecule has 1 aromatic carbocycles. The summed E-state index contributed by atoms with van der Waals surface area (Å²) in [4.78, 5) is 13.1. The normalized spacial score (nSPS) is 12.2. The lowest BCUT2D eigenvalue weighted by atomic mass is 10.2. The molecule has 2 N–H and O–H groups in total. The summed E-state index contributed by atoms with van der Waals surface area (Å²) in [6.07, 6.45) is 0. The Labute approximate surface area is 100 Å². The first kappa shape index (κ1) is 13.6. The SMILES string of the molecule is COCC(N)C(=O)N(C)Cc1ccccc1F. The predicted octanol–water partition coefficient (Wildman–Crippen LogP) is 0.758. The van der Waals surface area contributed by atoms with E-state index in [0.717, 1.165) is 0 Å². The molecule has 0 heterocycles. The average molecular weight is 240 g/mol. The van der Waals surface area contributed by atoms with Crippen molar-refractivity contribution in [2.75, 3.05) is 20.8 Å². The quantitative estimate of drug-likeness (QED) is 0.826. The van der Waals surface area contributed by atoms with Crippen molar-refractivity contribution < 1.29 is 13.9 Å². The third kappa shape index (κ3) is 3.80. The van der Waals surface area contributed by atoms with E-state index in [-0.39, 0.29) is 24.9 Å². The molecule has 0 aliphatic heterocycles. The fourth-order valence-electron chi connectivity index (χ4n) is 1.49. The van der Waals surface area contributed by atoms with E-state index in [1.54, 1.807) is 25.2 Å². The number of hydrogen-bond acceptors (Lipinski definition) is 3. The molecule has 0 bridgehead atoms. The highest BCUT2D eigenvalue weighted by molar-refractivity contribution is 5.81. The van der Waals surface area contributed by atoms with Gasteiger partial charge >= 0.3 is 0 Å². The number of halogens is 1. The lowest BCUT2D eigenvalue weighted by molar-refractivity contribution is -0.133. The van der Waals surface area contributed by atoms with Crippen LogP contribution in [0.4, 0.5) is 4.39 Å². The molecule has 17 heavy (non-hydrogen) atoms. The second kappa shape index (κ2) is 6.32. The van der Waals surface area contributed by atoms with Crippen molar-refractivity contribution in [1.29, 1.82) is 0 Å². The van der Waals surface area contributed by atoms with E-state index in [4.69, 9.17) is 10.5 Å². The average Bonchev–Trinajstić information content (AvgIpc) is 2.31. The summed E-state index contributed by atoms with van der Waals surface area (Å²) in [6, 6.07) is 5.63. The summed E-state index contributed by atoms with van der Waals surface area (Å²) >= 11 is 0. The third-order valence-electron chi connectivity index (χ3n) is 2.40.